The molecule has 21 heavy (non-hydrogen) atoms. The molecule has 3 N–H and O–H groups in total. The number of hydrogen-bond donors (Lipinski definition) is 2. The number of nitrogens with one attached hydrogen (secondary N) is 1. The van der Waals surface area contributed by atoms with Crippen molar-refractivity contribution in [2.45, 2.75) is 32.2 Å². The molecule has 1 aliphatic rings. The summed E-state index contributed by atoms with van der Waals surface area (Å²) in [6.45, 7) is 4.56. The van der Waals surface area contributed by atoms with Gasteiger partial charge in [-0.2, -0.15) is 0 Å². The topological polar surface area (TPSA) is 58.4 Å². The van der Waals surface area contributed by atoms with Crippen LogP contribution in [0.25, 0.3) is 0 Å². The summed E-state index contributed by atoms with van der Waals surface area (Å²) in [4.78, 5) is 14.3. The molecule has 1 aliphatic heterocycles. The van der Waals surface area contributed by atoms with E-state index in [1.54, 1.807) is 0 Å². The third-order valence-electron chi connectivity index (χ3n) is 3.91. The molecule has 2 rings (SSSR count). The maximum absolute atomic E-state index is 13.2. The molecule has 1 amide bonds. The van der Waals surface area contributed by atoms with Crippen molar-refractivity contribution in [3.05, 3.63) is 29.3 Å². The Labute approximate surface area is 123 Å². The molecule has 116 valence electrons. The van der Waals surface area contributed by atoms with Crippen molar-refractivity contribution in [2.75, 3.05) is 25.4 Å². The van der Waals surface area contributed by atoms with Crippen molar-refractivity contribution in [1.82, 2.24) is 10.2 Å². The second-order valence-electron chi connectivity index (χ2n) is 5.51. The van der Waals surface area contributed by atoms with E-state index in [1.807, 2.05) is 6.92 Å². The van der Waals surface area contributed by atoms with E-state index in [0.29, 0.717) is 6.54 Å². The largest absolute Gasteiger partial charge is 0.398 e. The highest BCUT2D eigenvalue weighted by Gasteiger charge is 2.19. The summed E-state index contributed by atoms with van der Waals surface area (Å²) in [5.74, 6) is -2.60. The zero-order valence-electron chi connectivity index (χ0n) is 12.2. The van der Waals surface area contributed by atoms with Crippen molar-refractivity contribution in [1.29, 1.82) is 0 Å². The minimum atomic E-state index is -1.07. The lowest BCUT2D eigenvalue weighted by atomic mass is 10.1. The van der Waals surface area contributed by atoms with E-state index >= 15 is 0 Å². The van der Waals surface area contributed by atoms with Crippen LogP contribution < -0.4 is 11.1 Å². The number of amides is 1. The van der Waals surface area contributed by atoms with Gasteiger partial charge in [-0.05, 0) is 38.9 Å². The number of hydrogen-bond acceptors (Lipinski definition) is 3. The third kappa shape index (κ3) is 3.91. The van der Waals surface area contributed by atoms with Gasteiger partial charge in [0.05, 0.1) is 5.56 Å². The molecule has 0 spiro atoms. The molecule has 1 atom stereocenters. The van der Waals surface area contributed by atoms with E-state index in [0.717, 1.165) is 25.2 Å². The first kappa shape index (κ1) is 15.7. The molecule has 1 aromatic carbocycles. The first-order valence-electron chi connectivity index (χ1n) is 7.26. The third-order valence-corrected chi connectivity index (χ3v) is 3.91. The van der Waals surface area contributed by atoms with Gasteiger partial charge in [0, 0.05) is 24.3 Å². The fraction of sp³-hybridized carbons (Fsp3) is 0.533. The lowest BCUT2D eigenvalue weighted by Gasteiger charge is -2.32. The summed E-state index contributed by atoms with van der Waals surface area (Å²) in [7, 11) is 0. The number of carbonyl (C=O) groups excluding carboxylic acids is 1. The molecule has 1 unspecified atom stereocenters. The van der Waals surface area contributed by atoms with Crippen LogP contribution in [0.3, 0.4) is 0 Å². The summed E-state index contributed by atoms with van der Waals surface area (Å²) in [5.41, 5.74) is 5.48. The van der Waals surface area contributed by atoms with E-state index in [9.17, 15) is 13.6 Å². The lowest BCUT2D eigenvalue weighted by Crippen LogP contribution is -2.44. The smallest absolute Gasteiger partial charge is 0.253 e. The molecule has 0 aromatic heterocycles. The molecular formula is C15H21F2N3O. The van der Waals surface area contributed by atoms with Gasteiger partial charge in [-0.1, -0.05) is 6.42 Å². The van der Waals surface area contributed by atoms with Gasteiger partial charge in [0.2, 0.25) is 0 Å². The van der Waals surface area contributed by atoms with Gasteiger partial charge in [-0.15, -0.1) is 0 Å². The van der Waals surface area contributed by atoms with Gasteiger partial charge in [-0.3, -0.25) is 9.69 Å². The van der Waals surface area contributed by atoms with E-state index < -0.39 is 17.5 Å². The van der Waals surface area contributed by atoms with Crippen LogP contribution in [0.1, 0.15) is 36.5 Å². The minimum Gasteiger partial charge on any atom is -0.398 e. The van der Waals surface area contributed by atoms with Crippen molar-refractivity contribution < 1.29 is 13.6 Å². The Bertz CT molecular complexity index is 516. The highest BCUT2D eigenvalue weighted by Crippen LogP contribution is 2.17. The van der Waals surface area contributed by atoms with E-state index in [4.69, 9.17) is 5.73 Å². The Morgan fingerprint density at radius 2 is 1.90 bits per heavy atom. The average molecular weight is 297 g/mol. The zero-order valence-corrected chi connectivity index (χ0v) is 12.2. The first-order valence-corrected chi connectivity index (χ1v) is 7.26. The van der Waals surface area contributed by atoms with E-state index in [1.165, 1.54) is 19.3 Å². The molecule has 1 aromatic rings. The molecule has 1 heterocycles. The van der Waals surface area contributed by atoms with Crippen LogP contribution in [0.4, 0.5) is 14.5 Å². The Morgan fingerprint density at radius 3 is 2.57 bits per heavy atom. The number of likely N-dealkylation sites (tertiary alicyclic amines) is 1. The molecule has 6 heteroatoms. The van der Waals surface area contributed by atoms with Gasteiger partial charge in [-0.25, -0.2) is 8.78 Å². The first-order chi connectivity index (χ1) is 9.99. The number of benzene rings is 1. The van der Waals surface area contributed by atoms with Crippen LogP contribution in [0.15, 0.2) is 12.1 Å². The van der Waals surface area contributed by atoms with Crippen LogP contribution in [0.5, 0.6) is 0 Å². The monoisotopic (exact) mass is 297 g/mol. The van der Waals surface area contributed by atoms with Crippen molar-refractivity contribution in [2.24, 2.45) is 0 Å². The lowest BCUT2D eigenvalue weighted by molar-refractivity contribution is 0.0930. The van der Waals surface area contributed by atoms with E-state index in [-0.39, 0.29) is 17.3 Å². The number of halogens is 2. The van der Waals surface area contributed by atoms with Crippen LogP contribution in [-0.2, 0) is 0 Å². The molecule has 0 radical (unpaired) electrons. The maximum atomic E-state index is 13.2. The number of piperidine rings is 1. The summed E-state index contributed by atoms with van der Waals surface area (Å²) in [5, 5.41) is 2.73. The van der Waals surface area contributed by atoms with Crippen molar-refractivity contribution in [3.63, 3.8) is 0 Å². The predicted octanol–water partition coefficient (Wildman–Crippen LogP) is 2.15. The molecule has 0 bridgehead atoms. The zero-order chi connectivity index (χ0) is 15.4. The van der Waals surface area contributed by atoms with Crippen LogP contribution in [0.2, 0.25) is 0 Å². The molecule has 4 nitrogen and oxygen atoms in total. The van der Waals surface area contributed by atoms with Gasteiger partial charge in [0.1, 0.15) is 0 Å². The second-order valence-corrected chi connectivity index (χ2v) is 5.51. The summed E-state index contributed by atoms with van der Waals surface area (Å²) < 4.78 is 26.2. The number of anilines is 1. The average Bonchev–Trinajstić information content (AvgIpc) is 2.49. The Balaban J connectivity index is 1.93. The van der Waals surface area contributed by atoms with Gasteiger partial charge in [0.25, 0.3) is 5.91 Å². The SMILES string of the molecule is CC(CNC(=O)c1cc(F)c(F)cc1N)N1CCCCC1. The molecule has 1 saturated heterocycles. The highest BCUT2D eigenvalue weighted by atomic mass is 19.2. The minimum absolute atomic E-state index is 0.0280. The Morgan fingerprint density at radius 1 is 1.29 bits per heavy atom. The fourth-order valence-electron chi connectivity index (χ4n) is 2.58. The number of nitrogens with two attached hydrogens (primary N) is 1. The molecular weight excluding hydrogens is 276 g/mol. The van der Waals surface area contributed by atoms with Crippen LogP contribution >= 0.6 is 0 Å². The van der Waals surface area contributed by atoms with Crippen molar-refractivity contribution in [3.8, 4) is 0 Å². The Hall–Kier alpha value is -1.69. The van der Waals surface area contributed by atoms with Crippen molar-refractivity contribution >= 4 is 11.6 Å². The van der Waals surface area contributed by atoms with Gasteiger partial charge >= 0.3 is 0 Å². The highest BCUT2D eigenvalue weighted by molar-refractivity contribution is 5.99. The van der Waals surface area contributed by atoms with Crippen LogP contribution in [0, 0.1) is 11.6 Å². The summed E-state index contributed by atoms with van der Waals surface area (Å²) in [6, 6.07) is 1.88. The number of nitrogen functional groups attached to an aromatic ring is 1. The second kappa shape index (κ2) is 6.85. The van der Waals surface area contributed by atoms with E-state index in [2.05, 4.69) is 10.2 Å². The number of carbonyl (C=O) groups is 1. The molecule has 0 saturated carbocycles. The van der Waals surface area contributed by atoms with Gasteiger partial charge < -0.3 is 11.1 Å². The van der Waals surface area contributed by atoms with Gasteiger partial charge in [0.15, 0.2) is 11.6 Å². The normalized spacial score (nSPS) is 17.5. The molecule has 0 aliphatic carbocycles. The predicted molar refractivity (Wildman–Crippen MR) is 78.0 cm³/mol. The fourth-order valence-corrected chi connectivity index (χ4v) is 2.58. The molecule has 1 fully saturated rings. The standard InChI is InChI=1S/C15H21F2N3O/c1-10(20-5-3-2-4-6-20)9-19-15(21)11-7-12(16)13(17)8-14(11)18/h7-8,10H,2-6,9,18H2,1H3,(H,19,21). The number of nitrogens with zero attached hydrogens (tertiary/aromatic N) is 1. The number of rotatable bonds is 4. The summed E-state index contributed by atoms with van der Waals surface area (Å²) in [6.07, 6.45) is 3.60. The quantitative estimate of drug-likeness (QED) is 0.837. The Kier molecular flexibility index (Phi) is 5.12. The maximum Gasteiger partial charge on any atom is 0.253 e. The summed E-state index contributed by atoms with van der Waals surface area (Å²) >= 11 is 0. The van der Waals surface area contributed by atoms with Crippen LogP contribution in [-0.4, -0.2) is 36.5 Å².